The Balaban J connectivity index is 1.55. The van der Waals surface area contributed by atoms with E-state index in [2.05, 4.69) is 47.5 Å². The second kappa shape index (κ2) is 7.94. The molecule has 0 atom stereocenters. The van der Waals surface area contributed by atoms with Crippen molar-refractivity contribution in [1.82, 2.24) is 10.2 Å². The summed E-state index contributed by atoms with van der Waals surface area (Å²) >= 11 is 0. The van der Waals surface area contributed by atoms with Crippen LogP contribution in [0.2, 0.25) is 0 Å². The van der Waals surface area contributed by atoms with E-state index in [1.165, 1.54) is 12.1 Å². The van der Waals surface area contributed by atoms with Gasteiger partial charge in [0.15, 0.2) is 11.7 Å². The van der Waals surface area contributed by atoms with E-state index >= 15 is 0 Å². The van der Waals surface area contributed by atoms with E-state index in [4.69, 9.17) is 4.42 Å². The van der Waals surface area contributed by atoms with E-state index < -0.39 is 11.7 Å². The second-order valence-electron chi connectivity index (χ2n) is 8.42. The van der Waals surface area contributed by atoms with Crippen molar-refractivity contribution in [2.24, 2.45) is 0 Å². The number of fused-ring (bicyclic) bond motifs is 3. The van der Waals surface area contributed by atoms with Crippen molar-refractivity contribution < 1.29 is 22.2 Å². The van der Waals surface area contributed by atoms with E-state index in [1.54, 1.807) is 0 Å². The summed E-state index contributed by atoms with van der Waals surface area (Å²) in [5.41, 5.74) is 4.50. The molecular formula is C27H23F3N3O+. The lowest BCUT2D eigenvalue weighted by Gasteiger charge is -2.34. The first-order chi connectivity index (χ1) is 16.3. The van der Waals surface area contributed by atoms with Crippen molar-refractivity contribution in [1.29, 1.82) is 0 Å². The number of pyridine rings is 1. The number of alkyl halides is 3. The van der Waals surface area contributed by atoms with Gasteiger partial charge in [-0.2, -0.15) is 17.7 Å². The van der Waals surface area contributed by atoms with Crippen molar-refractivity contribution in [3.63, 3.8) is 0 Å². The fourth-order valence-corrected chi connectivity index (χ4v) is 4.86. The fraction of sp³-hybridized carbons (Fsp3) is 0.222. The molecule has 0 fully saturated rings. The van der Waals surface area contributed by atoms with E-state index in [1.807, 2.05) is 30.3 Å². The molecule has 0 saturated heterocycles. The van der Waals surface area contributed by atoms with Crippen molar-refractivity contribution >= 4 is 5.57 Å². The summed E-state index contributed by atoms with van der Waals surface area (Å²) in [5, 5.41) is 8.21. The topological polar surface area (TPSA) is 42.8 Å². The van der Waals surface area contributed by atoms with E-state index in [9.17, 15) is 13.2 Å². The lowest BCUT2D eigenvalue weighted by molar-refractivity contribution is -0.741. The van der Waals surface area contributed by atoms with E-state index in [-0.39, 0.29) is 11.4 Å². The third-order valence-electron chi connectivity index (χ3n) is 6.80. The highest BCUT2D eigenvalue weighted by molar-refractivity contribution is 5.85. The van der Waals surface area contributed by atoms with Crippen LogP contribution in [0.5, 0.6) is 0 Å². The van der Waals surface area contributed by atoms with Crippen molar-refractivity contribution in [2.45, 2.75) is 38.4 Å². The molecule has 0 saturated carbocycles. The van der Waals surface area contributed by atoms with Gasteiger partial charge >= 0.3 is 6.18 Å². The Bertz CT molecular complexity index is 1380. The number of aromatic nitrogens is 3. The van der Waals surface area contributed by atoms with Gasteiger partial charge in [0.05, 0.1) is 11.1 Å². The number of halogens is 3. The Labute approximate surface area is 195 Å². The predicted molar refractivity (Wildman–Crippen MR) is 123 cm³/mol. The maximum absolute atomic E-state index is 12.9. The van der Waals surface area contributed by atoms with Gasteiger partial charge in [0.25, 0.3) is 0 Å². The molecule has 0 spiro atoms. The molecule has 0 amide bonds. The second-order valence-corrected chi connectivity index (χ2v) is 8.42. The quantitative estimate of drug-likeness (QED) is 0.309. The van der Waals surface area contributed by atoms with Gasteiger partial charge in [-0.3, -0.25) is 0 Å². The molecule has 0 aliphatic carbocycles. The maximum Gasteiger partial charge on any atom is 0.416 e. The highest BCUT2D eigenvalue weighted by atomic mass is 19.4. The molecule has 5 rings (SSSR count). The molecule has 0 radical (unpaired) electrons. The number of nitrogens with zero attached hydrogens (tertiary/aromatic N) is 3. The molecule has 34 heavy (non-hydrogen) atoms. The fourth-order valence-electron chi connectivity index (χ4n) is 4.86. The van der Waals surface area contributed by atoms with Gasteiger partial charge in [-0.05, 0) is 48.0 Å². The van der Waals surface area contributed by atoms with Crippen LogP contribution >= 0.6 is 0 Å². The lowest BCUT2D eigenvalue weighted by Crippen LogP contribution is -2.59. The summed E-state index contributed by atoms with van der Waals surface area (Å²) in [6, 6.07) is 16.8. The first kappa shape index (κ1) is 22.1. The molecule has 2 aromatic heterocycles. The standard InChI is InChI=1S/C27H23F3N3O/c1-4-26(5-2)17(3)21-14-11-19(16-22(21)23-8-6-7-15-33(23)26)25-32-31-24(34-25)18-9-12-20(13-10-18)27(28,29)30/h6-16H,3-5H2,1-2H3/q+1. The number of allylic oxidation sites excluding steroid dienone is 1. The van der Waals surface area contributed by atoms with Gasteiger partial charge in [-0.15, -0.1) is 10.2 Å². The molecular weight excluding hydrogens is 439 g/mol. The molecule has 0 bridgehead atoms. The molecule has 3 heterocycles. The first-order valence-electron chi connectivity index (χ1n) is 11.2. The summed E-state index contributed by atoms with van der Waals surface area (Å²) in [6.07, 6.45) is -0.456. The van der Waals surface area contributed by atoms with Gasteiger partial charge in [-0.1, -0.05) is 26.5 Å². The summed E-state index contributed by atoms with van der Waals surface area (Å²) in [4.78, 5) is 0. The molecule has 0 N–H and O–H groups in total. The van der Waals surface area contributed by atoms with Gasteiger partial charge in [-0.25, -0.2) is 0 Å². The van der Waals surface area contributed by atoms with Crippen LogP contribution in [-0.4, -0.2) is 10.2 Å². The average Bonchev–Trinajstić information content (AvgIpc) is 3.35. The van der Waals surface area contributed by atoms with E-state index in [0.717, 1.165) is 52.9 Å². The van der Waals surface area contributed by atoms with Gasteiger partial charge in [0.1, 0.15) is 0 Å². The number of hydrogen-bond acceptors (Lipinski definition) is 3. The summed E-state index contributed by atoms with van der Waals surface area (Å²) in [7, 11) is 0. The highest BCUT2D eigenvalue weighted by Crippen LogP contribution is 2.44. The van der Waals surface area contributed by atoms with E-state index in [0.29, 0.717) is 11.5 Å². The number of rotatable bonds is 4. The van der Waals surface area contributed by atoms with Crippen LogP contribution < -0.4 is 4.57 Å². The maximum atomic E-state index is 12.9. The Morgan fingerprint density at radius 2 is 1.53 bits per heavy atom. The molecule has 0 unspecified atom stereocenters. The number of benzene rings is 2. The zero-order chi connectivity index (χ0) is 24.1. The third kappa shape index (κ3) is 3.34. The predicted octanol–water partition coefficient (Wildman–Crippen LogP) is 6.92. The van der Waals surface area contributed by atoms with Crippen LogP contribution in [0, 0.1) is 0 Å². The molecule has 4 nitrogen and oxygen atoms in total. The summed E-state index contributed by atoms with van der Waals surface area (Å²) < 4.78 is 46.7. The summed E-state index contributed by atoms with van der Waals surface area (Å²) in [5.74, 6) is 0.463. The Morgan fingerprint density at radius 1 is 0.882 bits per heavy atom. The Morgan fingerprint density at radius 3 is 2.18 bits per heavy atom. The number of hydrogen-bond donors (Lipinski definition) is 0. The SMILES string of the molecule is C=C1c2ccc(-c3nnc(-c4ccc(C(F)(F)F)cc4)o3)cc2-c2cccc[n+]2C1(CC)CC. The van der Waals surface area contributed by atoms with Crippen molar-refractivity contribution in [3.05, 3.63) is 84.6 Å². The molecule has 4 aromatic rings. The van der Waals surface area contributed by atoms with Crippen LogP contribution in [0.4, 0.5) is 13.2 Å². The third-order valence-corrected chi connectivity index (χ3v) is 6.80. The Hall–Kier alpha value is -3.74. The minimum absolute atomic E-state index is 0.164. The average molecular weight is 462 g/mol. The Kier molecular flexibility index (Phi) is 5.15. The zero-order valence-electron chi connectivity index (χ0n) is 18.9. The summed E-state index contributed by atoms with van der Waals surface area (Å²) in [6.45, 7) is 8.83. The molecule has 2 aromatic carbocycles. The largest absolute Gasteiger partial charge is 0.416 e. The van der Waals surface area contributed by atoms with Crippen LogP contribution in [-0.2, 0) is 11.7 Å². The normalized spacial score (nSPS) is 14.6. The minimum Gasteiger partial charge on any atom is -0.416 e. The van der Waals surface area contributed by atoms with Gasteiger partial charge < -0.3 is 4.42 Å². The van der Waals surface area contributed by atoms with Crippen molar-refractivity contribution in [3.8, 4) is 34.2 Å². The van der Waals surface area contributed by atoms with Crippen LogP contribution in [0.3, 0.4) is 0 Å². The van der Waals surface area contributed by atoms with Crippen molar-refractivity contribution in [2.75, 3.05) is 0 Å². The van der Waals surface area contributed by atoms with Crippen LogP contribution in [0.15, 0.2) is 77.9 Å². The zero-order valence-corrected chi connectivity index (χ0v) is 18.9. The smallest absolute Gasteiger partial charge is 0.416 e. The first-order valence-corrected chi connectivity index (χ1v) is 11.2. The van der Waals surface area contributed by atoms with Gasteiger partial charge in [0.2, 0.25) is 17.5 Å². The molecule has 1 aliphatic heterocycles. The minimum atomic E-state index is -4.40. The van der Waals surface area contributed by atoms with Crippen LogP contribution in [0.1, 0.15) is 37.8 Å². The van der Waals surface area contributed by atoms with Crippen LogP contribution in [0.25, 0.3) is 39.7 Å². The monoisotopic (exact) mass is 462 g/mol. The molecule has 172 valence electrons. The highest BCUT2D eigenvalue weighted by Gasteiger charge is 2.46. The molecule has 7 heteroatoms. The molecule has 1 aliphatic rings. The lowest BCUT2D eigenvalue weighted by atomic mass is 9.75. The van der Waals surface area contributed by atoms with Gasteiger partial charge in [0, 0.05) is 41.7 Å².